The normalized spacial score (nSPS) is 22.6. The first-order chi connectivity index (χ1) is 12.8. The maximum atomic E-state index is 13.1. The van der Waals surface area contributed by atoms with Crippen LogP contribution in [-0.2, 0) is 9.59 Å². The number of imide groups is 1. The van der Waals surface area contributed by atoms with Crippen molar-refractivity contribution in [3.63, 3.8) is 0 Å². The maximum Gasteiger partial charge on any atom is 0.325 e. The van der Waals surface area contributed by atoms with E-state index in [1.807, 2.05) is 6.92 Å². The van der Waals surface area contributed by atoms with E-state index in [1.165, 1.54) is 17.0 Å². The van der Waals surface area contributed by atoms with E-state index < -0.39 is 11.6 Å². The molecule has 1 aromatic rings. The summed E-state index contributed by atoms with van der Waals surface area (Å²) in [7, 11) is 1.63. The van der Waals surface area contributed by atoms with Crippen LogP contribution in [0.15, 0.2) is 24.3 Å². The van der Waals surface area contributed by atoms with Gasteiger partial charge in [0.2, 0.25) is 5.91 Å². The van der Waals surface area contributed by atoms with Crippen molar-refractivity contribution in [2.45, 2.75) is 44.2 Å². The molecule has 4 rings (SSSR count). The highest BCUT2D eigenvalue weighted by Gasteiger charge is 2.65. The fourth-order valence-corrected chi connectivity index (χ4v) is 4.15. The minimum atomic E-state index is -0.779. The maximum absolute atomic E-state index is 13.1. The average Bonchev–Trinajstić information content (AvgIpc) is 3.55. The van der Waals surface area contributed by atoms with Crippen LogP contribution in [0.5, 0.6) is 0 Å². The van der Waals surface area contributed by atoms with Crippen LogP contribution in [0.1, 0.15) is 44.2 Å². The summed E-state index contributed by atoms with van der Waals surface area (Å²) in [6, 6.07) is 5.19. The Hall–Kier alpha value is -2.44. The van der Waals surface area contributed by atoms with Gasteiger partial charge in [-0.2, -0.15) is 0 Å². The number of amides is 4. The molecule has 0 spiro atoms. The van der Waals surface area contributed by atoms with Crippen molar-refractivity contribution >= 4 is 17.8 Å². The van der Waals surface area contributed by atoms with Gasteiger partial charge in [-0.05, 0) is 62.1 Å². The number of urea groups is 1. The van der Waals surface area contributed by atoms with Crippen LogP contribution in [0, 0.1) is 17.7 Å². The minimum absolute atomic E-state index is 0.206. The highest BCUT2D eigenvalue weighted by Crippen LogP contribution is 2.54. The molecule has 1 aromatic carbocycles. The van der Waals surface area contributed by atoms with E-state index in [2.05, 4.69) is 5.32 Å². The molecule has 27 heavy (non-hydrogen) atoms. The van der Waals surface area contributed by atoms with Gasteiger partial charge in [0.15, 0.2) is 0 Å². The van der Waals surface area contributed by atoms with E-state index in [9.17, 15) is 18.8 Å². The van der Waals surface area contributed by atoms with Crippen molar-refractivity contribution in [1.82, 2.24) is 15.1 Å². The first-order valence-electron chi connectivity index (χ1n) is 9.50. The number of hydrogen-bond acceptors (Lipinski definition) is 3. The predicted octanol–water partition coefficient (Wildman–Crippen LogP) is 2.46. The lowest BCUT2D eigenvalue weighted by Crippen LogP contribution is -2.51. The number of benzene rings is 1. The van der Waals surface area contributed by atoms with Gasteiger partial charge in [-0.3, -0.25) is 14.5 Å². The van der Waals surface area contributed by atoms with Crippen LogP contribution >= 0.6 is 0 Å². The van der Waals surface area contributed by atoms with Crippen LogP contribution in [0.3, 0.4) is 0 Å². The Morgan fingerprint density at radius 3 is 2.30 bits per heavy atom. The molecular weight excluding hydrogens is 349 g/mol. The van der Waals surface area contributed by atoms with Crippen LogP contribution in [0.25, 0.3) is 0 Å². The second-order valence-corrected chi connectivity index (χ2v) is 7.97. The van der Waals surface area contributed by atoms with E-state index in [0.717, 1.165) is 36.1 Å². The molecule has 0 radical (unpaired) electrons. The van der Waals surface area contributed by atoms with Gasteiger partial charge in [0, 0.05) is 7.05 Å². The Bertz CT molecular complexity index is 774. The van der Waals surface area contributed by atoms with E-state index >= 15 is 0 Å². The number of nitrogens with one attached hydrogen (secondary N) is 1. The summed E-state index contributed by atoms with van der Waals surface area (Å²) in [5.74, 6) is -0.489. The smallest absolute Gasteiger partial charge is 0.325 e. The molecule has 1 N–H and O–H groups in total. The SMILES string of the molecule is CC(c1ccc(F)cc1)N(C)C(=O)CN1C(=O)NC(C2CC2)(C2CC2)C1=O. The lowest BCUT2D eigenvalue weighted by molar-refractivity contribution is -0.140. The van der Waals surface area contributed by atoms with Gasteiger partial charge in [-0.1, -0.05) is 12.1 Å². The molecule has 0 bridgehead atoms. The van der Waals surface area contributed by atoms with E-state index in [1.54, 1.807) is 19.2 Å². The van der Waals surface area contributed by atoms with Crippen molar-refractivity contribution in [2.24, 2.45) is 11.8 Å². The first kappa shape index (κ1) is 17.9. The minimum Gasteiger partial charge on any atom is -0.337 e. The van der Waals surface area contributed by atoms with Gasteiger partial charge >= 0.3 is 6.03 Å². The Balaban J connectivity index is 1.46. The van der Waals surface area contributed by atoms with Crippen LogP contribution in [0.4, 0.5) is 9.18 Å². The largest absolute Gasteiger partial charge is 0.337 e. The number of carbonyl (C=O) groups is 3. The molecule has 1 saturated heterocycles. The zero-order valence-corrected chi connectivity index (χ0v) is 15.6. The standard InChI is InChI=1S/C20H24FN3O3/c1-12(13-3-9-16(21)10-4-13)23(2)17(25)11-24-18(26)20(14-5-6-14,15-7-8-15)22-19(24)27/h3-4,9-10,12,14-15H,5-8,11H2,1-2H3,(H,22,27). The van der Waals surface area contributed by atoms with Crippen molar-refractivity contribution in [1.29, 1.82) is 0 Å². The summed E-state index contributed by atoms with van der Waals surface area (Å²) in [4.78, 5) is 40.8. The van der Waals surface area contributed by atoms with E-state index in [4.69, 9.17) is 0 Å². The average molecular weight is 373 g/mol. The van der Waals surface area contributed by atoms with Gasteiger partial charge in [-0.25, -0.2) is 9.18 Å². The molecule has 0 aromatic heterocycles. The molecule has 3 aliphatic rings. The zero-order valence-electron chi connectivity index (χ0n) is 15.6. The third-order valence-corrected chi connectivity index (χ3v) is 6.22. The summed E-state index contributed by atoms with van der Waals surface area (Å²) in [6.45, 7) is 1.56. The molecule has 144 valence electrons. The third kappa shape index (κ3) is 2.99. The number of likely N-dealkylation sites (N-methyl/N-ethyl adjacent to an activating group) is 1. The second-order valence-electron chi connectivity index (χ2n) is 7.97. The first-order valence-corrected chi connectivity index (χ1v) is 9.50. The van der Waals surface area contributed by atoms with Crippen LogP contribution < -0.4 is 5.32 Å². The summed E-state index contributed by atoms with van der Waals surface area (Å²) >= 11 is 0. The van der Waals surface area contributed by atoms with Crippen molar-refractivity contribution in [2.75, 3.05) is 13.6 Å². The summed E-state index contributed by atoms with van der Waals surface area (Å²) < 4.78 is 13.1. The van der Waals surface area contributed by atoms with Crippen LogP contribution in [0.2, 0.25) is 0 Å². The molecule has 1 unspecified atom stereocenters. The molecule has 4 amide bonds. The fraction of sp³-hybridized carbons (Fsp3) is 0.550. The third-order valence-electron chi connectivity index (χ3n) is 6.22. The number of nitrogens with zero attached hydrogens (tertiary/aromatic N) is 2. The van der Waals surface area contributed by atoms with Gasteiger partial charge in [0.05, 0.1) is 6.04 Å². The monoisotopic (exact) mass is 373 g/mol. The number of hydrogen-bond donors (Lipinski definition) is 1. The number of rotatable bonds is 6. The molecule has 2 saturated carbocycles. The fourth-order valence-electron chi connectivity index (χ4n) is 4.15. The Morgan fingerprint density at radius 1 is 1.22 bits per heavy atom. The zero-order chi connectivity index (χ0) is 19.3. The summed E-state index contributed by atoms with van der Waals surface area (Å²) in [6.07, 6.45) is 3.80. The molecule has 1 heterocycles. The van der Waals surface area contributed by atoms with Gasteiger partial charge in [-0.15, -0.1) is 0 Å². The highest BCUT2D eigenvalue weighted by atomic mass is 19.1. The molecule has 3 fully saturated rings. The second kappa shape index (κ2) is 6.32. The Kier molecular flexibility index (Phi) is 4.20. The van der Waals surface area contributed by atoms with E-state index in [0.29, 0.717) is 0 Å². The topological polar surface area (TPSA) is 69.7 Å². The van der Waals surface area contributed by atoms with Crippen molar-refractivity contribution < 1.29 is 18.8 Å². The molecular formula is C20H24FN3O3. The van der Waals surface area contributed by atoms with Gasteiger partial charge < -0.3 is 10.2 Å². The quantitative estimate of drug-likeness (QED) is 0.779. The van der Waals surface area contributed by atoms with Crippen molar-refractivity contribution in [3.8, 4) is 0 Å². The van der Waals surface area contributed by atoms with E-state index in [-0.39, 0.29) is 42.1 Å². The number of carbonyl (C=O) groups excluding carboxylic acids is 3. The molecule has 6 nitrogen and oxygen atoms in total. The Morgan fingerprint density at radius 2 is 1.78 bits per heavy atom. The summed E-state index contributed by atoms with van der Waals surface area (Å²) in [5, 5.41) is 2.93. The van der Waals surface area contributed by atoms with Gasteiger partial charge in [0.25, 0.3) is 5.91 Å². The lowest BCUT2D eigenvalue weighted by Gasteiger charge is -2.28. The lowest BCUT2D eigenvalue weighted by atomic mass is 9.87. The van der Waals surface area contributed by atoms with Crippen LogP contribution in [-0.4, -0.2) is 46.8 Å². The predicted molar refractivity (Wildman–Crippen MR) is 96.0 cm³/mol. The van der Waals surface area contributed by atoms with Gasteiger partial charge in [0.1, 0.15) is 17.9 Å². The molecule has 1 aliphatic heterocycles. The summed E-state index contributed by atoms with van der Waals surface area (Å²) in [5.41, 5.74) is 0.00755. The Labute approximate surface area is 157 Å². The molecule has 2 aliphatic carbocycles. The molecule has 7 heteroatoms. The molecule has 1 atom stereocenters. The highest BCUT2D eigenvalue weighted by molar-refractivity contribution is 6.09. The van der Waals surface area contributed by atoms with Crippen molar-refractivity contribution in [3.05, 3.63) is 35.6 Å². The number of halogens is 1.